The highest BCUT2D eigenvalue weighted by molar-refractivity contribution is 6.06. The molecule has 1 fully saturated rings. The van der Waals surface area contributed by atoms with Crippen LogP contribution in [0.3, 0.4) is 0 Å². The Kier molecular flexibility index (Phi) is 4.94. The Balaban J connectivity index is 1.41. The number of hydrogen-bond acceptors (Lipinski definition) is 6. The fourth-order valence-electron chi connectivity index (χ4n) is 4.24. The van der Waals surface area contributed by atoms with E-state index in [0.29, 0.717) is 22.4 Å². The molecule has 9 nitrogen and oxygen atoms in total. The fraction of sp³-hybridized carbons (Fsp3) is 0.217. The second-order valence-electron chi connectivity index (χ2n) is 7.95. The summed E-state index contributed by atoms with van der Waals surface area (Å²) in [6.07, 6.45) is 2.13. The summed E-state index contributed by atoms with van der Waals surface area (Å²) in [7, 11) is 0. The lowest BCUT2D eigenvalue weighted by molar-refractivity contribution is -0.136. The lowest BCUT2D eigenvalue weighted by Crippen LogP contribution is -2.52. The standard InChI is InChI=1S/C23H17FN6O3/c24-18-8-13(9-25)4-5-14(18)10-29-12-19(27-28-29)15-2-1-3-16-17(15)11-30(23(16)33)20-6-7-21(31)26-22(20)32/h1-5,8,12,20H,6-7,10-11H2,(H,26,31,32). The first-order valence-electron chi connectivity index (χ1n) is 10.3. The number of carbonyl (C=O) groups excluding carboxylic acids is 3. The number of aromatic nitrogens is 3. The van der Waals surface area contributed by atoms with Crippen molar-refractivity contribution in [3.05, 3.63) is 70.7 Å². The van der Waals surface area contributed by atoms with Gasteiger partial charge in [0.05, 0.1) is 24.4 Å². The maximum absolute atomic E-state index is 14.2. The number of piperidine rings is 1. The number of fused-ring (bicyclic) bond motifs is 1. The minimum atomic E-state index is -0.703. The summed E-state index contributed by atoms with van der Waals surface area (Å²) in [5.74, 6) is -1.58. The van der Waals surface area contributed by atoms with E-state index in [2.05, 4.69) is 15.6 Å². The molecule has 3 heterocycles. The van der Waals surface area contributed by atoms with E-state index in [4.69, 9.17) is 5.26 Å². The van der Waals surface area contributed by atoms with Crippen LogP contribution in [0.25, 0.3) is 11.3 Å². The number of nitrogens with zero attached hydrogens (tertiary/aromatic N) is 5. The molecule has 5 rings (SSSR count). The van der Waals surface area contributed by atoms with Crippen molar-refractivity contribution in [1.82, 2.24) is 25.2 Å². The van der Waals surface area contributed by atoms with Crippen LogP contribution in [0.5, 0.6) is 0 Å². The Hall–Kier alpha value is -4.39. The molecule has 1 unspecified atom stereocenters. The predicted molar refractivity (Wildman–Crippen MR) is 112 cm³/mol. The van der Waals surface area contributed by atoms with Gasteiger partial charge >= 0.3 is 0 Å². The summed E-state index contributed by atoms with van der Waals surface area (Å²) in [5.41, 5.74) is 3.01. The molecule has 2 aromatic carbocycles. The van der Waals surface area contributed by atoms with Gasteiger partial charge in [-0.2, -0.15) is 5.26 Å². The number of nitriles is 1. The third-order valence-electron chi connectivity index (χ3n) is 5.91. The highest BCUT2D eigenvalue weighted by Gasteiger charge is 2.40. The predicted octanol–water partition coefficient (Wildman–Crippen LogP) is 1.77. The maximum atomic E-state index is 14.2. The number of carbonyl (C=O) groups is 3. The van der Waals surface area contributed by atoms with Gasteiger partial charge in [-0.05, 0) is 30.2 Å². The van der Waals surface area contributed by atoms with E-state index in [9.17, 15) is 18.8 Å². The summed E-state index contributed by atoms with van der Waals surface area (Å²) >= 11 is 0. The summed E-state index contributed by atoms with van der Waals surface area (Å²) in [5, 5.41) is 19.5. The first kappa shape index (κ1) is 20.5. The molecule has 0 radical (unpaired) electrons. The summed E-state index contributed by atoms with van der Waals surface area (Å²) in [6.45, 7) is 0.342. The van der Waals surface area contributed by atoms with Crippen molar-refractivity contribution in [1.29, 1.82) is 5.26 Å². The van der Waals surface area contributed by atoms with Crippen molar-refractivity contribution in [2.45, 2.75) is 32.0 Å². The largest absolute Gasteiger partial charge is 0.322 e. The molecule has 1 N–H and O–H groups in total. The lowest BCUT2D eigenvalue weighted by atomic mass is 10.0. The van der Waals surface area contributed by atoms with Crippen LogP contribution in [0.1, 0.15) is 39.9 Å². The van der Waals surface area contributed by atoms with Gasteiger partial charge in [0.1, 0.15) is 17.6 Å². The van der Waals surface area contributed by atoms with E-state index in [1.807, 2.05) is 12.1 Å². The Morgan fingerprint density at radius 2 is 2.00 bits per heavy atom. The third kappa shape index (κ3) is 3.63. The molecule has 2 aliphatic rings. The van der Waals surface area contributed by atoms with Crippen LogP contribution in [-0.4, -0.2) is 43.7 Å². The minimum absolute atomic E-state index is 0.126. The smallest absolute Gasteiger partial charge is 0.255 e. The normalized spacial score (nSPS) is 17.6. The van der Waals surface area contributed by atoms with Gasteiger partial charge in [-0.15, -0.1) is 5.10 Å². The van der Waals surface area contributed by atoms with Gasteiger partial charge in [-0.25, -0.2) is 9.07 Å². The van der Waals surface area contributed by atoms with Crippen molar-refractivity contribution in [2.24, 2.45) is 0 Å². The van der Waals surface area contributed by atoms with Gasteiger partial charge in [-0.3, -0.25) is 19.7 Å². The Morgan fingerprint density at radius 3 is 2.76 bits per heavy atom. The van der Waals surface area contributed by atoms with Crippen molar-refractivity contribution >= 4 is 17.7 Å². The van der Waals surface area contributed by atoms with Gasteiger partial charge in [0, 0.05) is 29.7 Å². The van der Waals surface area contributed by atoms with E-state index in [1.54, 1.807) is 18.3 Å². The van der Waals surface area contributed by atoms with Gasteiger partial charge in [0.2, 0.25) is 11.8 Å². The molecule has 164 valence electrons. The average Bonchev–Trinajstić information content (AvgIpc) is 3.40. The van der Waals surface area contributed by atoms with E-state index in [1.165, 1.54) is 27.8 Å². The zero-order chi connectivity index (χ0) is 23.1. The highest BCUT2D eigenvalue weighted by atomic mass is 19.1. The lowest BCUT2D eigenvalue weighted by Gasteiger charge is -2.29. The van der Waals surface area contributed by atoms with E-state index >= 15 is 0 Å². The van der Waals surface area contributed by atoms with Crippen LogP contribution in [0, 0.1) is 17.1 Å². The fourth-order valence-corrected chi connectivity index (χ4v) is 4.24. The molecule has 3 aromatic rings. The number of amides is 3. The van der Waals surface area contributed by atoms with Gasteiger partial charge < -0.3 is 4.90 Å². The maximum Gasteiger partial charge on any atom is 0.255 e. The second-order valence-corrected chi connectivity index (χ2v) is 7.95. The second kappa shape index (κ2) is 7.94. The van der Waals surface area contributed by atoms with Crippen molar-refractivity contribution in [3.8, 4) is 17.3 Å². The summed E-state index contributed by atoms with van der Waals surface area (Å²) in [4.78, 5) is 38.2. The van der Waals surface area contributed by atoms with Gasteiger partial charge in [0.15, 0.2) is 0 Å². The molecule has 1 aromatic heterocycles. The third-order valence-corrected chi connectivity index (χ3v) is 5.91. The van der Waals surface area contributed by atoms with Crippen LogP contribution in [0.2, 0.25) is 0 Å². The minimum Gasteiger partial charge on any atom is -0.322 e. The number of benzene rings is 2. The van der Waals surface area contributed by atoms with Crippen molar-refractivity contribution in [2.75, 3.05) is 0 Å². The van der Waals surface area contributed by atoms with Gasteiger partial charge in [0.25, 0.3) is 5.91 Å². The molecular formula is C23H17FN6O3. The van der Waals surface area contributed by atoms with E-state index < -0.39 is 17.8 Å². The number of nitrogens with one attached hydrogen (secondary N) is 1. The number of halogens is 1. The molecule has 33 heavy (non-hydrogen) atoms. The van der Waals surface area contributed by atoms with Crippen LogP contribution >= 0.6 is 0 Å². The van der Waals surface area contributed by atoms with Crippen LogP contribution in [0.4, 0.5) is 4.39 Å². The zero-order valence-corrected chi connectivity index (χ0v) is 17.3. The first-order valence-corrected chi connectivity index (χ1v) is 10.3. The van der Waals surface area contributed by atoms with Crippen LogP contribution in [-0.2, 0) is 22.7 Å². The molecular weight excluding hydrogens is 427 g/mol. The molecule has 0 bridgehead atoms. The summed E-state index contributed by atoms with van der Waals surface area (Å²) in [6, 6.07) is 10.7. The SMILES string of the molecule is N#Cc1ccc(Cn2cc(-c3cccc4c3CN(C3CCC(=O)NC3=O)C4=O)nn2)c(F)c1. The van der Waals surface area contributed by atoms with Crippen LogP contribution < -0.4 is 5.32 Å². The molecule has 1 saturated heterocycles. The molecule has 0 aliphatic carbocycles. The average molecular weight is 444 g/mol. The number of imide groups is 1. The number of hydrogen-bond donors (Lipinski definition) is 1. The Bertz CT molecular complexity index is 1360. The molecule has 0 saturated carbocycles. The molecule has 2 aliphatic heterocycles. The topological polar surface area (TPSA) is 121 Å². The molecule has 3 amide bonds. The van der Waals surface area contributed by atoms with E-state index in [0.717, 1.165) is 5.56 Å². The quantitative estimate of drug-likeness (QED) is 0.612. The van der Waals surface area contributed by atoms with Crippen molar-refractivity contribution < 1.29 is 18.8 Å². The summed E-state index contributed by atoms with van der Waals surface area (Å²) < 4.78 is 15.7. The Morgan fingerprint density at radius 1 is 1.18 bits per heavy atom. The highest BCUT2D eigenvalue weighted by Crippen LogP contribution is 2.34. The monoisotopic (exact) mass is 444 g/mol. The first-order chi connectivity index (χ1) is 15.9. The van der Waals surface area contributed by atoms with Gasteiger partial charge in [-0.1, -0.05) is 23.4 Å². The van der Waals surface area contributed by atoms with Crippen molar-refractivity contribution in [3.63, 3.8) is 0 Å². The molecule has 10 heteroatoms. The number of rotatable bonds is 4. The zero-order valence-electron chi connectivity index (χ0n) is 17.3. The molecule has 1 atom stereocenters. The molecule has 0 spiro atoms. The van der Waals surface area contributed by atoms with E-state index in [-0.39, 0.29) is 43.3 Å². The Labute approximate surface area is 187 Å². The van der Waals surface area contributed by atoms with Crippen LogP contribution in [0.15, 0.2) is 42.6 Å².